The van der Waals surface area contributed by atoms with Gasteiger partial charge < -0.3 is 10.8 Å². The molecule has 0 aliphatic carbocycles. The molecule has 4 nitrogen and oxygen atoms in total. The summed E-state index contributed by atoms with van der Waals surface area (Å²) in [5.74, 6) is -0.917. The molecule has 0 aromatic carbocycles. The van der Waals surface area contributed by atoms with Crippen LogP contribution in [0.15, 0.2) is 16.6 Å². The van der Waals surface area contributed by atoms with Crippen molar-refractivity contribution in [1.29, 1.82) is 0 Å². The van der Waals surface area contributed by atoms with Crippen LogP contribution in [0.1, 0.15) is 23.9 Å². The van der Waals surface area contributed by atoms with E-state index in [1.54, 1.807) is 6.07 Å². The van der Waals surface area contributed by atoms with Gasteiger partial charge in [-0.25, -0.2) is 0 Å². The number of aliphatic carboxylic acids is 1. The Hall–Kier alpha value is -0.940. The van der Waals surface area contributed by atoms with Gasteiger partial charge in [0.15, 0.2) is 0 Å². The molecule has 0 radical (unpaired) electrons. The highest BCUT2D eigenvalue weighted by Crippen LogP contribution is 2.18. The number of nitrogens with zero attached hydrogens (tertiary/aromatic N) is 1. The van der Waals surface area contributed by atoms with Gasteiger partial charge in [0.25, 0.3) is 0 Å². The van der Waals surface area contributed by atoms with Crippen LogP contribution < -0.4 is 5.73 Å². The van der Waals surface area contributed by atoms with Crippen LogP contribution in [-0.4, -0.2) is 16.1 Å². The quantitative estimate of drug-likeness (QED) is 0.864. The molecule has 0 unspecified atom stereocenters. The Labute approximate surface area is 90.3 Å². The van der Waals surface area contributed by atoms with Crippen molar-refractivity contribution in [1.82, 2.24) is 4.98 Å². The Balaban J connectivity index is 2.85. The van der Waals surface area contributed by atoms with Crippen molar-refractivity contribution >= 4 is 21.9 Å². The summed E-state index contributed by atoms with van der Waals surface area (Å²) in [5.41, 5.74) is 7.07. The maximum absolute atomic E-state index is 10.4. The number of pyridine rings is 1. The largest absolute Gasteiger partial charge is 0.481 e. The minimum atomic E-state index is -0.917. The highest BCUT2D eigenvalue weighted by atomic mass is 79.9. The lowest BCUT2D eigenvalue weighted by Crippen LogP contribution is -2.16. The Bertz CT molecular complexity index is 355. The maximum Gasteiger partial charge on any atom is 0.305 e. The third kappa shape index (κ3) is 2.78. The van der Waals surface area contributed by atoms with Crippen molar-refractivity contribution in [3.63, 3.8) is 0 Å². The van der Waals surface area contributed by atoms with E-state index in [0.29, 0.717) is 5.69 Å². The highest BCUT2D eigenvalue weighted by Gasteiger charge is 2.12. The number of rotatable bonds is 3. The predicted octanol–water partition coefficient (Wildman–Crippen LogP) is 1.63. The molecule has 1 rings (SSSR count). The zero-order chi connectivity index (χ0) is 10.7. The predicted molar refractivity (Wildman–Crippen MR) is 55.9 cm³/mol. The lowest BCUT2D eigenvalue weighted by molar-refractivity contribution is -0.137. The fourth-order valence-electron chi connectivity index (χ4n) is 1.06. The topological polar surface area (TPSA) is 76.2 Å². The Morgan fingerprint density at radius 2 is 2.36 bits per heavy atom. The summed E-state index contributed by atoms with van der Waals surface area (Å²) in [6, 6.07) is 3.00. The third-order valence-corrected chi connectivity index (χ3v) is 2.66. The van der Waals surface area contributed by atoms with Crippen molar-refractivity contribution < 1.29 is 9.90 Å². The second-order valence-corrected chi connectivity index (χ2v) is 3.86. The maximum atomic E-state index is 10.4. The van der Waals surface area contributed by atoms with Crippen LogP contribution >= 0.6 is 15.9 Å². The first-order valence-corrected chi connectivity index (χ1v) is 4.90. The van der Waals surface area contributed by atoms with E-state index in [2.05, 4.69) is 20.9 Å². The molecule has 3 N–H and O–H groups in total. The van der Waals surface area contributed by atoms with Crippen molar-refractivity contribution in [2.75, 3.05) is 0 Å². The molecule has 1 heterocycles. The summed E-state index contributed by atoms with van der Waals surface area (Å²) >= 11 is 3.31. The van der Waals surface area contributed by atoms with Gasteiger partial charge in [0, 0.05) is 4.47 Å². The van der Waals surface area contributed by atoms with Gasteiger partial charge in [-0.15, -0.1) is 0 Å². The van der Waals surface area contributed by atoms with Crippen LogP contribution in [0.25, 0.3) is 0 Å². The van der Waals surface area contributed by atoms with Crippen LogP contribution in [0.5, 0.6) is 0 Å². The molecule has 0 spiro atoms. The number of carboxylic acid groups (broad SMARTS) is 1. The number of halogens is 1. The van der Waals surface area contributed by atoms with Crippen LogP contribution in [-0.2, 0) is 4.79 Å². The number of carbonyl (C=O) groups is 1. The highest BCUT2D eigenvalue weighted by molar-refractivity contribution is 9.10. The van der Waals surface area contributed by atoms with Gasteiger partial charge >= 0.3 is 5.97 Å². The van der Waals surface area contributed by atoms with Gasteiger partial charge in [0.05, 0.1) is 23.9 Å². The summed E-state index contributed by atoms with van der Waals surface area (Å²) < 4.78 is 0.892. The molecular weight excluding hydrogens is 248 g/mol. The van der Waals surface area contributed by atoms with Gasteiger partial charge in [-0.3, -0.25) is 9.78 Å². The standard InChI is InChI=1S/C9H11BrN2O2/c1-5-6(10)2-3-8(12-5)7(11)4-9(13)14/h2-3,7H,4,11H2,1H3,(H,13,14)/t7-/m0/s1. The number of hydrogen-bond donors (Lipinski definition) is 2. The lowest BCUT2D eigenvalue weighted by atomic mass is 10.1. The van der Waals surface area contributed by atoms with Crippen molar-refractivity contribution in [3.05, 3.63) is 28.0 Å². The zero-order valence-electron chi connectivity index (χ0n) is 7.70. The summed E-state index contributed by atoms with van der Waals surface area (Å²) in [6.07, 6.45) is -0.103. The third-order valence-electron chi connectivity index (χ3n) is 1.82. The summed E-state index contributed by atoms with van der Waals surface area (Å²) in [5, 5.41) is 8.55. The molecule has 0 saturated heterocycles. The zero-order valence-corrected chi connectivity index (χ0v) is 9.28. The van der Waals surface area contributed by atoms with Crippen molar-refractivity contribution in [2.45, 2.75) is 19.4 Å². The first kappa shape index (κ1) is 11.1. The van der Waals surface area contributed by atoms with E-state index in [1.807, 2.05) is 13.0 Å². The van der Waals surface area contributed by atoms with E-state index >= 15 is 0 Å². The molecular formula is C9H11BrN2O2. The van der Waals surface area contributed by atoms with Gasteiger partial charge in [-0.05, 0) is 35.0 Å². The van der Waals surface area contributed by atoms with E-state index in [-0.39, 0.29) is 6.42 Å². The number of aryl methyl sites for hydroxylation is 1. The van der Waals surface area contributed by atoms with E-state index in [4.69, 9.17) is 10.8 Å². The summed E-state index contributed by atoms with van der Waals surface area (Å²) in [6.45, 7) is 1.83. The van der Waals surface area contributed by atoms with Gasteiger partial charge in [0.1, 0.15) is 0 Å². The normalized spacial score (nSPS) is 12.5. The second-order valence-electron chi connectivity index (χ2n) is 3.01. The van der Waals surface area contributed by atoms with Crippen molar-refractivity contribution in [2.24, 2.45) is 5.73 Å². The molecule has 1 aromatic rings. The molecule has 0 bridgehead atoms. The van der Waals surface area contributed by atoms with E-state index in [1.165, 1.54) is 0 Å². The van der Waals surface area contributed by atoms with Gasteiger partial charge in [-0.2, -0.15) is 0 Å². The van der Waals surface area contributed by atoms with E-state index in [0.717, 1.165) is 10.2 Å². The molecule has 0 aliphatic rings. The Morgan fingerprint density at radius 3 is 2.86 bits per heavy atom. The molecule has 0 saturated carbocycles. The Kier molecular flexibility index (Phi) is 3.60. The first-order valence-electron chi connectivity index (χ1n) is 4.11. The lowest BCUT2D eigenvalue weighted by Gasteiger charge is -2.09. The van der Waals surface area contributed by atoms with Crippen LogP contribution in [0.4, 0.5) is 0 Å². The number of aromatic nitrogens is 1. The first-order chi connectivity index (χ1) is 6.50. The number of carboxylic acids is 1. The summed E-state index contributed by atoms with van der Waals surface area (Å²) in [4.78, 5) is 14.6. The molecule has 0 aliphatic heterocycles. The van der Waals surface area contributed by atoms with Gasteiger partial charge in [0.2, 0.25) is 0 Å². The van der Waals surface area contributed by atoms with Crippen molar-refractivity contribution in [3.8, 4) is 0 Å². The smallest absolute Gasteiger partial charge is 0.305 e. The van der Waals surface area contributed by atoms with Crippen LogP contribution in [0.2, 0.25) is 0 Å². The number of hydrogen-bond acceptors (Lipinski definition) is 3. The molecule has 0 fully saturated rings. The molecule has 1 aromatic heterocycles. The fourth-order valence-corrected chi connectivity index (χ4v) is 1.28. The minimum Gasteiger partial charge on any atom is -0.481 e. The van der Waals surface area contributed by atoms with Crippen LogP contribution in [0, 0.1) is 6.92 Å². The SMILES string of the molecule is Cc1nc([C@@H](N)CC(=O)O)ccc1Br. The molecule has 1 atom stereocenters. The molecule has 5 heteroatoms. The Morgan fingerprint density at radius 1 is 1.71 bits per heavy atom. The molecule has 0 amide bonds. The fraction of sp³-hybridized carbons (Fsp3) is 0.333. The summed E-state index contributed by atoms with van der Waals surface area (Å²) in [7, 11) is 0. The van der Waals surface area contributed by atoms with E-state index in [9.17, 15) is 4.79 Å². The van der Waals surface area contributed by atoms with Gasteiger partial charge in [-0.1, -0.05) is 0 Å². The molecule has 14 heavy (non-hydrogen) atoms. The average Bonchev–Trinajstić information content (AvgIpc) is 2.08. The number of nitrogens with two attached hydrogens (primary N) is 1. The molecule has 76 valence electrons. The second kappa shape index (κ2) is 4.52. The minimum absolute atomic E-state index is 0.103. The van der Waals surface area contributed by atoms with E-state index < -0.39 is 12.0 Å². The van der Waals surface area contributed by atoms with Crippen LogP contribution in [0.3, 0.4) is 0 Å². The average molecular weight is 259 g/mol. The monoisotopic (exact) mass is 258 g/mol.